The lowest BCUT2D eigenvalue weighted by atomic mass is 9.96. The van der Waals surface area contributed by atoms with Gasteiger partial charge in [0.25, 0.3) is 0 Å². The van der Waals surface area contributed by atoms with Crippen molar-refractivity contribution in [2.24, 2.45) is 17.2 Å². The lowest BCUT2D eigenvalue weighted by molar-refractivity contribution is 0.0999. The Morgan fingerprint density at radius 3 is 2.41 bits per heavy atom. The Balaban J connectivity index is 3.23. The zero-order valence-electron chi connectivity index (χ0n) is 18.5. The number of anilines is 1. The van der Waals surface area contributed by atoms with E-state index in [-0.39, 0.29) is 12.6 Å². The molecular weight excluding hydrogens is 364 g/mol. The van der Waals surface area contributed by atoms with Crippen molar-refractivity contribution in [1.82, 2.24) is 10.2 Å². The fourth-order valence-electron chi connectivity index (χ4n) is 3.05. The van der Waals surface area contributed by atoms with E-state index in [1.54, 1.807) is 6.07 Å². The van der Waals surface area contributed by atoms with Crippen molar-refractivity contribution in [2.75, 3.05) is 31.5 Å². The maximum atomic E-state index is 12.0. The number of allylic oxidation sites excluding steroid dienone is 3. The molecule has 1 rings (SSSR count). The van der Waals surface area contributed by atoms with Gasteiger partial charge in [-0.15, -0.1) is 0 Å². The van der Waals surface area contributed by atoms with Crippen molar-refractivity contribution in [3.63, 3.8) is 0 Å². The van der Waals surface area contributed by atoms with Crippen molar-refractivity contribution >= 4 is 17.2 Å². The molecule has 0 aliphatic heterocycles. The molecule has 0 spiro atoms. The first-order valence-electron chi connectivity index (χ1n) is 10.3. The molecule has 0 atom stereocenters. The number of hydrogen-bond acceptors (Lipinski definition) is 6. The first-order chi connectivity index (χ1) is 13.7. The van der Waals surface area contributed by atoms with Gasteiger partial charge >= 0.3 is 0 Å². The van der Waals surface area contributed by atoms with Crippen LogP contribution in [0.25, 0.3) is 5.57 Å². The highest BCUT2D eigenvalue weighted by atomic mass is 16.1. The Morgan fingerprint density at radius 2 is 1.90 bits per heavy atom. The summed E-state index contributed by atoms with van der Waals surface area (Å²) >= 11 is 0. The van der Waals surface area contributed by atoms with E-state index in [1.165, 1.54) is 0 Å². The number of hydrogen-bond donors (Lipinski definition) is 5. The average molecular weight is 403 g/mol. The summed E-state index contributed by atoms with van der Waals surface area (Å²) in [5, 5.41) is 6.67. The van der Waals surface area contributed by atoms with Crippen LogP contribution in [0.5, 0.6) is 0 Å². The summed E-state index contributed by atoms with van der Waals surface area (Å²) in [5.74, 6) is 0.224. The first kappa shape index (κ1) is 24.5. The Labute approximate surface area is 175 Å². The van der Waals surface area contributed by atoms with E-state index in [0.717, 1.165) is 48.6 Å². The smallest absolute Gasteiger partial charge is 0.249 e. The fourth-order valence-corrected chi connectivity index (χ4v) is 3.05. The molecule has 0 fully saturated rings. The highest BCUT2D eigenvalue weighted by Gasteiger charge is 2.15. The zero-order chi connectivity index (χ0) is 22.0. The van der Waals surface area contributed by atoms with Crippen molar-refractivity contribution in [3.05, 3.63) is 46.8 Å². The molecule has 8 N–H and O–H groups in total. The van der Waals surface area contributed by atoms with Gasteiger partial charge in [-0.2, -0.15) is 0 Å². The minimum atomic E-state index is -0.484. The van der Waals surface area contributed by atoms with Gasteiger partial charge < -0.3 is 32.7 Å². The van der Waals surface area contributed by atoms with Crippen LogP contribution >= 0.6 is 0 Å². The second kappa shape index (κ2) is 12.1. The quantitative estimate of drug-likeness (QED) is 0.270. The second-order valence-electron chi connectivity index (χ2n) is 7.29. The molecule has 1 aromatic rings. The minimum Gasteiger partial charge on any atom is -0.385 e. The number of carbonyl (C=O) groups excluding carboxylic acids is 1. The number of primary amides is 1. The van der Waals surface area contributed by atoms with E-state index in [1.807, 2.05) is 39.0 Å². The second-order valence-corrected chi connectivity index (χ2v) is 7.29. The number of nitrogens with one attached hydrogen (secondary N) is 2. The van der Waals surface area contributed by atoms with Crippen molar-refractivity contribution in [3.8, 4) is 0 Å². The van der Waals surface area contributed by atoms with E-state index in [0.29, 0.717) is 11.4 Å². The van der Waals surface area contributed by atoms with Gasteiger partial charge in [-0.05, 0) is 63.6 Å². The van der Waals surface area contributed by atoms with Gasteiger partial charge in [-0.25, -0.2) is 0 Å². The van der Waals surface area contributed by atoms with E-state index in [9.17, 15) is 4.79 Å². The first-order valence-corrected chi connectivity index (χ1v) is 10.3. The molecule has 0 saturated carbocycles. The Bertz CT molecular complexity index is 739. The van der Waals surface area contributed by atoms with Crippen molar-refractivity contribution < 1.29 is 4.79 Å². The third-order valence-corrected chi connectivity index (χ3v) is 4.68. The molecule has 0 aliphatic rings. The summed E-state index contributed by atoms with van der Waals surface area (Å²) in [6.45, 7) is 14.0. The normalized spacial score (nSPS) is 12.4. The molecule has 7 nitrogen and oxygen atoms in total. The highest BCUT2D eigenvalue weighted by Crippen LogP contribution is 2.27. The molecule has 0 aromatic heterocycles. The number of likely N-dealkylation sites (N-methyl/N-ethyl adjacent to an activating group) is 2. The van der Waals surface area contributed by atoms with E-state index in [2.05, 4.69) is 29.4 Å². The molecule has 0 saturated heterocycles. The van der Waals surface area contributed by atoms with Crippen molar-refractivity contribution in [1.29, 1.82) is 0 Å². The van der Waals surface area contributed by atoms with Crippen LogP contribution < -0.4 is 27.8 Å². The lowest BCUT2D eigenvalue weighted by Gasteiger charge is -2.23. The van der Waals surface area contributed by atoms with Crippen LogP contribution in [0.4, 0.5) is 5.69 Å². The van der Waals surface area contributed by atoms with Gasteiger partial charge in [0.05, 0.1) is 5.82 Å². The minimum absolute atomic E-state index is 0.200. The number of nitrogens with two attached hydrogens (primary N) is 3. The number of nitrogens with zero attached hydrogens (tertiary/aromatic N) is 1. The van der Waals surface area contributed by atoms with Crippen LogP contribution in [0.15, 0.2) is 30.1 Å². The summed E-state index contributed by atoms with van der Waals surface area (Å²) in [6, 6.07) is 4.01. The van der Waals surface area contributed by atoms with Crippen LogP contribution in [0.3, 0.4) is 0 Å². The molecule has 0 radical (unpaired) electrons. The van der Waals surface area contributed by atoms with Crippen LogP contribution in [0.2, 0.25) is 0 Å². The monoisotopic (exact) mass is 402 g/mol. The third-order valence-electron chi connectivity index (χ3n) is 4.68. The van der Waals surface area contributed by atoms with Crippen molar-refractivity contribution in [2.45, 2.75) is 47.2 Å². The predicted molar refractivity (Wildman–Crippen MR) is 123 cm³/mol. The average Bonchev–Trinajstić information content (AvgIpc) is 2.68. The summed E-state index contributed by atoms with van der Waals surface area (Å²) < 4.78 is 0. The maximum absolute atomic E-state index is 12.0. The largest absolute Gasteiger partial charge is 0.385 e. The zero-order valence-corrected chi connectivity index (χ0v) is 18.5. The highest BCUT2D eigenvalue weighted by molar-refractivity contribution is 5.97. The SMILES string of the molecule is CCNCCN(CC)/C(N)=C/C=C(\C)c1cc(NC(C)C)c(CN)c(C(N)=O)c1. The molecule has 29 heavy (non-hydrogen) atoms. The Morgan fingerprint density at radius 1 is 1.21 bits per heavy atom. The van der Waals surface area contributed by atoms with E-state index >= 15 is 0 Å². The lowest BCUT2D eigenvalue weighted by Crippen LogP contribution is -2.34. The molecule has 0 heterocycles. The van der Waals surface area contributed by atoms with Gasteiger partial charge in [0.15, 0.2) is 0 Å². The standard InChI is InChI=1S/C22H38N6O/c1-6-26-10-11-28(7-2)21(24)9-8-16(5)17-12-18(22(25)29)19(14-23)20(13-17)27-15(3)4/h8-9,12-13,15,26-27H,6-7,10-11,14,23-24H2,1-5H3,(H2,25,29)/b16-8+,21-9+. The summed E-state index contributed by atoms with van der Waals surface area (Å²) in [5.41, 5.74) is 21.7. The van der Waals surface area contributed by atoms with Crippen LogP contribution in [0.1, 0.15) is 56.1 Å². The molecule has 0 unspecified atom stereocenters. The van der Waals surface area contributed by atoms with Gasteiger partial charge in [0.2, 0.25) is 5.91 Å². The number of rotatable bonds is 12. The Kier molecular flexibility index (Phi) is 10.3. The molecular formula is C22H38N6O. The number of carbonyl (C=O) groups is 1. The molecule has 1 amide bonds. The van der Waals surface area contributed by atoms with Gasteiger partial charge in [0, 0.05) is 49.0 Å². The molecule has 7 heteroatoms. The molecule has 1 aromatic carbocycles. The summed E-state index contributed by atoms with van der Waals surface area (Å²) in [6.07, 6.45) is 3.87. The summed E-state index contributed by atoms with van der Waals surface area (Å²) in [4.78, 5) is 14.1. The van der Waals surface area contributed by atoms with E-state index < -0.39 is 5.91 Å². The van der Waals surface area contributed by atoms with Gasteiger partial charge in [0.1, 0.15) is 0 Å². The van der Waals surface area contributed by atoms with Crippen LogP contribution in [0, 0.1) is 0 Å². The van der Waals surface area contributed by atoms with Gasteiger partial charge in [-0.1, -0.05) is 13.0 Å². The number of benzene rings is 1. The topological polar surface area (TPSA) is 122 Å². The molecule has 0 bridgehead atoms. The molecule has 162 valence electrons. The third kappa shape index (κ3) is 7.44. The fraction of sp³-hybridized carbons (Fsp3) is 0.500. The van der Waals surface area contributed by atoms with Gasteiger partial charge in [-0.3, -0.25) is 4.79 Å². The number of amides is 1. The van der Waals surface area contributed by atoms with Crippen LogP contribution in [-0.2, 0) is 6.54 Å². The Hall–Kier alpha value is -2.51. The summed E-state index contributed by atoms with van der Waals surface area (Å²) in [7, 11) is 0. The van der Waals surface area contributed by atoms with E-state index in [4.69, 9.17) is 17.2 Å². The molecule has 0 aliphatic carbocycles. The predicted octanol–water partition coefficient (Wildman–Crippen LogP) is 2.20. The maximum Gasteiger partial charge on any atom is 0.249 e. The van der Waals surface area contributed by atoms with Crippen LogP contribution in [-0.4, -0.2) is 43.0 Å².